The lowest BCUT2D eigenvalue weighted by molar-refractivity contribution is -0.138. The van der Waals surface area contributed by atoms with Crippen LogP contribution in [0.5, 0.6) is 5.75 Å². The Hall–Kier alpha value is -1.75. The number of carbonyl (C=O) groups excluding carboxylic acids is 1. The Kier molecular flexibility index (Phi) is 5.45. The van der Waals surface area contributed by atoms with Gasteiger partial charge in [-0.1, -0.05) is 11.6 Å². The third-order valence-electron chi connectivity index (χ3n) is 2.28. The normalized spacial score (nSPS) is 9.89. The van der Waals surface area contributed by atoms with Gasteiger partial charge in [-0.15, -0.1) is 0 Å². The molecule has 1 amide bonds. The average molecular weight is 272 g/mol. The van der Waals surface area contributed by atoms with E-state index in [4.69, 9.17) is 21.4 Å². The predicted octanol–water partition coefficient (Wildman–Crippen LogP) is 1.83. The highest BCUT2D eigenvalue weighted by atomic mass is 35.5. The van der Waals surface area contributed by atoms with Gasteiger partial charge >= 0.3 is 5.97 Å². The van der Waals surface area contributed by atoms with Gasteiger partial charge in [0.05, 0.1) is 13.5 Å². The summed E-state index contributed by atoms with van der Waals surface area (Å²) in [7, 11) is 1.53. The first-order valence-corrected chi connectivity index (χ1v) is 5.71. The Balaban J connectivity index is 2.54. The lowest BCUT2D eigenvalue weighted by atomic mass is 10.2. The maximum atomic E-state index is 11.4. The van der Waals surface area contributed by atoms with Crippen molar-refractivity contribution in [3.63, 3.8) is 0 Å². The van der Waals surface area contributed by atoms with E-state index < -0.39 is 5.97 Å². The molecular weight excluding hydrogens is 258 g/mol. The van der Waals surface area contributed by atoms with E-state index in [1.54, 1.807) is 18.2 Å². The van der Waals surface area contributed by atoms with Crippen LogP contribution in [0, 0.1) is 0 Å². The summed E-state index contributed by atoms with van der Waals surface area (Å²) in [5.41, 5.74) is 0.744. The first kappa shape index (κ1) is 14.3. The molecule has 0 aromatic heterocycles. The molecule has 2 N–H and O–H groups in total. The Morgan fingerprint density at radius 2 is 2.11 bits per heavy atom. The summed E-state index contributed by atoms with van der Waals surface area (Å²) in [5, 5.41) is 11.6. The van der Waals surface area contributed by atoms with Crippen LogP contribution in [0.3, 0.4) is 0 Å². The molecule has 0 fully saturated rings. The standard InChI is InChI=1S/C12H14ClNO4/c1-18-10-3-2-9(13)6-8(10)7-14-11(15)4-5-12(16)17/h2-3,6H,4-5,7H2,1H3,(H,14,15)(H,16,17). The Morgan fingerprint density at radius 1 is 1.39 bits per heavy atom. The first-order valence-electron chi connectivity index (χ1n) is 5.34. The van der Waals surface area contributed by atoms with Crippen molar-refractivity contribution in [2.45, 2.75) is 19.4 Å². The number of rotatable bonds is 6. The van der Waals surface area contributed by atoms with E-state index in [9.17, 15) is 9.59 Å². The number of hydrogen-bond acceptors (Lipinski definition) is 3. The minimum Gasteiger partial charge on any atom is -0.496 e. The topological polar surface area (TPSA) is 75.6 Å². The number of amides is 1. The summed E-state index contributed by atoms with van der Waals surface area (Å²) in [6.45, 7) is 0.252. The van der Waals surface area contributed by atoms with Crippen LogP contribution >= 0.6 is 11.6 Å². The SMILES string of the molecule is COc1ccc(Cl)cc1CNC(=O)CCC(=O)O. The van der Waals surface area contributed by atoms with Crippen molar-refractivity contribution in [1.29, 1.82) is 0 Å². The zero-order chi connectivity index (χ0) is 13.5. The van der Waals surface area contributed by atoms with Gasteiger partial charge in [0, 0.05) is 23.6 Å². The number of carboxylic acid groups (broad SMARTS) is 1. The van der Waals surface area contributed by atoms with E-state index in [2.05, 4.69) is 5.32 Å². The third kappa shape index (κ3) is 4.63. The van der Waals surface area contributed by atoms with Gasteiger partial charge in [0.25, 0.3) is 0 Å². The number of aliphatic carboxylic acids is 1. The molecule has 98 valence electrons. The molecule has 0 atom stereocenters. The summed E-state index contributed by atoms with van der Waals surface area (Å²) in [4.78, 5) is 21.7. The summed E-state index contributed by atoms with van der Waals surface area (Å²) >= 11 is 5.85. The number of benzene rings is 1. The van der Waals surface area contributed by atoms with Crippen LogP contribution in [0.15, 0.2) is 18.2 Å². The maximum Gasteiger partial charge on any atom is 0.303 e. The third-order valence-corrected chi connectivity index (χ3v) is 2.52. The minimum absolute atomic E-state index is 0.0434. The van der Waals surface area contributed by atoms with Crippen molar-refractivity contribution in [2.75, 3.05) is 7.11 Å². The van der Waals surface area contributed by atoms with Crippen molar-refractivity contribution in [3.8, 4) is 5.75 Å². The van der Waals surface area contributed by atoms with E-state index in [1.165, 1.54) is 7.11 Å². The van der Waals surface area contributed by atoms with Gasteiger partial charge in [-0.3, -0.25) is 9.59 Å². The summed E-state index contributed by atoms with van der Waals surface area (Å²) in [6.07, 6.45) is -0.225. The molecule has 0 aliphatic rings. The number of ether oxygens (including phenoxy) is 1. The molecule has 0 aliphatic carbocycles. The van der Waals surface area contributed by atoms with Gasteiger partial charge in [0.2, 0.25) is 5.91 Å². The molecule has 6 heteroatoms. The molecule has 1 aromatic carbocycles. The van der Waals surface area contributed by atoms with Gasteiger partial charge in [-0.05, 0) is 18.2 Å². The number of carboxylic acids is 1. The lowest BCUT2D eigenvalue weighted by Crippen LogP contribution is -2.23. The highest BCUT2D eigenvalue weighted by Gasteiger charge is 2.08. The quantitative estimate of drug-likeness (QED) is 0.828. The zero-order valence-corrected chi connectivity index (χ0v) is 10.7. The fourth-order valence-electron chi connectivity index (χ4n) is 1.39. The molecule has 0 bridgehead atoms. The lowest BCUT2D eigenvalue weighted by Gasteiger charge is -2.09. The highest BCUT2D eigenvalue weighted by molar-refractivity contribution is 6.30. The molecule has 1 aromatic rings. The van der Waals surface area contributed by atoms with E-state index in [-0.39, 0.29) is 25.3 Å². The number of methoxy groups -OCH3 is 1. The molecule has 0 aliphatic heterocycles. The smallest absolute Gasteiger partial charge is 0.303 e. The number of halogens is 1. The largest absolute Gasteiger partial charge is 0.496 e. The Labute approximate surface area is 110 Å². The van der Waals surface area contributed by atoms with E-state index in [0.717, 1.165) is 5.56 Å². The average Bonchev–Trinajstić information content (AvgIpc) is 2.34. The molecule has 5 nitrogen and oxygen atoms in total. The Bertz CT molecular complexity index is 448. The zero-order valence-electron chi connectivity index (χ0n) is 9.90. The molecule has 1 rings (SSSR count). The number of nitrogens with one attached hydrogen (secondary N) is 1. The van der Waals surface area contributed by atoms with E-state index in [1.807, 2.05) is 0 Å². The molecule has 0 radical (unpaired) electrons. The molecule has 0 spiro atoms. The van der Waals surface area contributed by atoms with E-state index >= 15 is 0 Å². The van der Waals surface area contributed by atoms with Gasteiger partial charge in [0.15, 0.2) is 0 Å². The molecule has 0 heterocycles. The fraction of sp³-hybridized carbons (Fsp3) is 0.333. The van der Waals surface area contributed by atoms with Gasteiger partial charge < -0.3 is 15.2 Å². The molecular formula is C12H14ClNO4. The van der Waals surface area contributed by atoms with Crippen LogP contribution < -0.4 is 10.1 Å². The van der Waals surface area contributed by atoms with Gasteiger partial charge in [-0.25, -0.2) is 0 Å². The molecule has 0 saturated carbocycles. The molecule has 18 heavy (non-hydrogen) atoms. The van der Waals surface area contributed by atoms with Gasteiger partial charge in [-0.2, -0.15) is 0 Å². The highest BCUT2D eigenvalue weighted by Crippen LogP contribution is 2.22. The van der Waals surface area contributed by atoms with Gasteiger partial charge in [0.1, 0.15) is 5.75 Å². The second-order valence-electron chi connectivity index (χ2n) is 3.63. The monoisotopic (exact) mass is 271 g/mol. The van der Waals surface area contributed by atoms with Crippen LogP contribution in [0.2, 0.25) is 5.02 Å². The van der Waals surface area contributed by atoms with Crippen LogP contribution in [0.4, 0.5) is 0 Å². The maximum absolute atomic E-state index is 11.4. The minimum atomic E-state index is -0.995. The van der Waals surface area contributed by atoms with Crippen LogP contribution in [0.25, 0.3) is 0 Å². The Morgan fingerprint density at radius 3 is 2.72 bits per heavy atom. The number of carbonyl (C=O) groups is 2. The molecule has 0 unspecified atom stereocenters. The van der Waals surface area contributed by atoms with Crippen molar-refractivity contribution in [1.82, 2.24) is 5.32 Å². The van der Waals surface area contributed by atoms with Crippen molar-refractivity contribution >= 4 is 23.5 Å². The van der Waals surface area contributed by atoms with E-state index in [0.29, 0.717) is 10.8 Å². The van der Waals surface area contributed by atoms with Crippen molar-refractivity contribution < 1.29 is 19.4 Å². The second-order valence-corrected chi connectivity index (χ2v) is 4.06. The second kappa shape index (κ2) is 6.86. The van der Waals surface area contributed by atoms with Crippen LogP contribution in [-0.2, 0) is 16.1 Å². The van der Waals surface area contributed by atoms with Crippen molar-refractivity contribution in [2.24, 2.45) is 0 Å². The summed E-state index contributed by atoms with van der Waals surface area (Å²) in [5.74, 6) is -0.692. The fourth-order valence-corrected chi connectivity index (χ4v) is 1.58. The molecule has 0 saturated heterocycles. The number of hydrogen-bond donors (Lipinski definition) is 2. The van der Waals surface area contributed by atoms with Crippen molar-refractivity contribution in [3.05, 3.63) is 28.8 Å². The van der Waals surface area contributed by atoms with Crippen LogP contribution in [-0.4, -0.2) is 24.1 Å². The summed E-state index contributed by atoms with van der Waals surface area (Å²) in [6, 6.07) is 5.09. The van der Waals surface area contributed by atoms with Crippen LogP contribution in [0.1, 0.15) is 18.4 Å². The first-order chi connectivity index (χ1) is 8.52. The summed E-state index contributed by atoms with van der Waals surface area (Å²) < 4.78 is 5.13. The predicted molar refractivity (Wildman–Crippen MR) is 66.7 cm³/mol.